The number of ether oxygens (including phenoxy) is 4. The standard InChI is InChI=1S/4C17H16O2.Ca.2H3O4P/c4*1-11(2)19-17(18)15-10-9-13-6-3-5-12-7-4-8-14(15)16(12)13;;2*1-5(2,3)4/h4*3-11,15H,1-2H3;;2*(H3,1,2,3,4). The van der Waals surface area contributed by atoms with Crippen LogP contribution in [0.5, 0.6) is 0 Å². The number of carbonyl (C=O) groups excluding carboxylic acids is 4. The second kappa shape index (κ2) is 30.8. The van der Waals surface area contributed by atoms with Crippen molar-refractivity contribution in [2.45, 2.75) is 103 Å². The van der Waals surface area contributed by atoms with Crippen molar-refractivity contribution in [3.63, 3.8) is 0 Å². The molecule has 0 amide bonds. The molecule has 0 saturated heterocycles. The molecular formula is C68H70CaO16P2. The normalized spacial score (nSPS) is 16.1. The number of rotatable bonds is 8. The van der Waals surface area contributed by atoms with Crippen LogP contribution in [0.3, 0.4) is 0 Å². The van der Waals surface area contributed by atoms with Gasteiger partial charge in [0.15, 0.2) is 0 Å². The quantitative estimate of drug-likeness (QED) is 0.0358. The Balaban J connectivity index is 0.000000175. The predicted octanol–water partition coefficient (Wildman–Crippen LogP) is 13.4. The van der Waals surface area contributed by atoms with E-state index in [1.54, 1.807) is 0 Å². The SMILES string of the molecule is CC(C)OC(=O)C1C=Cc2cccc3cccc1c23.CC(C)OC(=O)C1C=Cc2cccc3cccc1c23.CC(C)OC(=O)C1C=Cc2cccc3cccc1c23.CC(C)OC(=O)C1C=Cc2cccc3cccc1c23.O=P(O)(O)O.O=P(O)(O)O.[Ca]. The summed E-state index contributed by atoms with van der Waals surface area (Å²) in [7, 11) is -9.28. The molecule has 19 heteroatoms. The summed E-state index contributed by atoms with van der Waals surface area (Å²) in [5.74, 6) is -1.85. The number of phosphoric acid groups is 2. The molecule has 8 aromatic carbocycles. The molecule has 12 rings (SSSR count). The Hall–Kier alpha value is -6.88. The van der Waals surface area contributed by atoms with E-state index < -0.39 is 15.6 Å². The molecule has 4 atom stereocenters. The van der Waals surface area contributed by atoms with Crippen molar-refractivity contribution in [2.24, 2.45) is 0 Å². The fraction of sp³-hybridized carbons (Fsp3) is 0.235. The molecule has 4 aliphatic rings. The Kier molecular flexibility index (Phi) is 24.5. The Morgan fingerprint density at radius 1 is 0.322 bits per heavy atom. The molecule has 2 radical (unpaired) electrons. The Morgan fingerprint density at radius 2 is 0.483 bits per heavy atom. The van der Waals surface area contributed by atoms with Gasteiger partial charge in [0.1, 0.15) is 23.7 Å². The fourth-order valence-electron chi connectivity index (χ4n) is 10.5. The molecule has 0 aromatic heterocycles. The number of carbonyl (C=O) groups is 4. The minimum atomic E-state index is -4.64. The summed E-state index contributed by atoms with van der Waals surface area (Å²) in [6, 6.07) is 49.1. The van der Waals surface area contributed by atoms with Crippen LogP contribution in [-0.2, 0) is 47.3 Å². The van der Waals surface area contributed by atoms with Gasteiger partial charge in [0.25, 0.3) is 0 Å². The van der Waals surface area contributed by atoms with Gasteiger partial charge in [0, 0.05) is 37.7 Å². The molecular weight excluding hydrogens is 1170 g/mol. The van der Waals surface area contributed by atoms with Crippen LogP contribution in [0, 0.1) is 0 Å². The topological polar surface area (TPSA) is 261 Å². The van der Waals surface area contributed by atoms with Crippen LogP contribution in [0.15, 0.2) is 170 Å². The first-order chi connectivity index (χ1) is 40.7. The van der Waals surface area contributed by atoms with Crippen LogP contribution in [0.4, 0.5) is 0 Å². The molecule has 8 aromatic rings. The van der Waals surface area contributed by atoms with Gasteiger partial charge in [0.05, 0.1) is 24.4 Å². The minimum Gasteiger partial charge on any atom is -0.462 e. The van der Waals surface area contributed by atoms with E-state index >= 15 is 0 Å². The molecule has 450 valence electrons. The first kappa shape index (κ1) is 69.2. The van der Waals surface area contributed by atoms with E-state index in [9.17, 15) is 19.2 Å². The molecule has 0 heterocycles. The molecule has 0 fully saturated rings. The average Bonchev–Trinajstić information content (AvgIpc) is 1.02. The van der Waals surface area contributed by atoms with Crippen LogP contribution in [0.2, 0.25) is 0 Å². The van der Waals surface area contributed by atoms with Gasteiger partial charge in [-0.05, 0) is 143 Å². The maximum absolute atomic E-state index is 12.2. The molecule has 6 N–H and O–H groups in total. The monoisotopic (exact) mass is 1240 g/mol. The van der Waals surface area contributed by atoms with Gasteiger partial charge >= 0.3 is 39.5 Å². The van der Waals surface area contributed by atoms with Crippen molar-refractivity contribution in [3.05, 3.63) is 214 Å². The smallest absolute Gasteiger partial charge is 0.462 e. The molecule has 87 heavy (non-hydrogen) atoms. The van der Waals surface area contributed by atoms with E-state index in [1.807, 2.05) is 177 Å². The van der Waals surface area contributed by atoms with E-state index in [0.717, 1.165) is 22.3 Å². The van der Waals surface area contributed by atoms with Crippen molar-refractivity contribution in [1.82, 2.24) is 0 Å². The van der Waals surface area contributed by atoms with E-state index in [0.29, 0.717) is 0 Å². The van der Waals surface area contributed by atoms with Crippen LogP contribution in [0.1, 0.15) is 124 Å². The zero-order valence-corrected chi connectivity index (χ0v) is 53.5. The predicted molar refractivity (Wildman–Crippen MR) is 342 cm³/mol. The average molecular weight is 1250 g/mol. The first-order valence-electron chi connectivity index (χ1n) is 27.8. The van der Waals surface area contributed by atoms with E-state index in [-0.39, 0.29) is 110 Å². The molecule has 0 aliphatic heterocycles. The van der Waals surface area contributed by atoms with Crippen molar-refractivity contribution < 1.29 is 76.6 Å². The van der Waals surface area contributed by atoms with E-state index in [1.165, 1.54) is 65.3 Å². The fourth-order valence-corrected chi connectivity index (χ4v) is 10.5. The largest absolute Gasteiger partial charge is 0.466 e. The van der Waals surface area contributed by atoms with Crippen LogP contribution in [-0.4, -0.2) is 115 Å². The van der Waals surface area contributed by atoms with Crippen molar-refractivity contribution in [2.75, 3.05) is 0 Å². The molecule has 0 spiro atoms. The third-order valence-electron chi connectivity index (χ3n) is 13.5. The Bertz CT molecular complexity index is 3490. The number of esters is 4. The van der Waals surface area contributed by atoms with Gasteiger partial charge in [-0.2, -0.15) is 0 Å². The zero-order chi connectivity index (χ0) is 62.6. The van der Waals surface area contributed by atoms with Crippen LogP contribution >= 0.6 is 15.6 Å². The molecule has 4 aliphatic carbocycles. The molecule has 0 saturated carbocycles. The Labute approximate surface area is 535 Å². The van der Waals surface area contributed by atoms with Gasteiger partial charge in [-0.1, -0.05) is 194 Å². The second-order valence-electron chi connectivity index (χ2n) is 21.5. The van der Waals surface area contributed by atoms with Crippen molar-refractivity contribution in [1.29, 1.82) is 0 Å². The van der Waals surface area contributed by atoms with Gasteiger partial charge in [-0.25, -0.2) is 9.13 Å². The first-order valence-corrected chi connectivity index (χ1v) is 31.0. The summed E-state index contributed by atoms with van der Waals surface area (Å²) in [5, 5.41) is 9.33. The van der Waals surface area contributed by atoms with Crippen LogP contribution < -0.4 is 0 Å². The number of hydrogen-bond donors (Lipinski definition) is 6. The summed E-state index contributed by atoms with van der Waals surface area (Å²) in [4.78, 5) is 91.9. The zero-order valence-electron chi connectivity index (χ0n) is 49.5. The third kappa shape index (κ3) is 19.1. The summed E-state index contributed by atoms with van der Waals surface area (Å²) in [6.45, 7) is 15.0. The molecule has 0 bridgehead atoms. The van der Waals surface area contributed by atoms with E-state index in [4.69, 9.17) is 57.4 Å². The maximum Gasteiger partial charge on any atom is 0.466 e. The molecule has 16 nitrogen and oxygen atoms in total. The van der Waals surface area contributed by atoms with Crippen molar-refractivity contribution >= 4 is 145 Å². The number of benzene rings is 8. The van der Waals surface area contributed by atoms with Gasteiger partial charge < -0.3 is 48.3 Å². The summed E-state index contributed by atoms with van der Waals surface area (Å²) in [5.41, 5.74) is 8.84. The summed E-state index contributed by atoms with van der Waals surface area (Å²) >= 11 is 0. The minimum absolute atomic E-state index is 0. The van der Waals surface area contributed by atoms with Crippen molar-refractivity contribution in [3.8, 4) is 0 Å². The second-order valence-corrected chi connectivity index (χ2v) is 23.5. The van der Waals surface area contributed by atoms with Gasteiger partial charge in [-0.3, -0.25) is 19.2 Å². The molecule has 4 unspecified atom stereocenters. The van der Waals surface area contributed by atoms with Crippen LogP contribution in [0.25, 0.3) is 67.4 Å². The Morgan fingerprint density at radius 3 is 0.644 bits per heavy atom. The summed E-state index contributed by atoms with van der Waals surface area (Å²) in [6.07, 6.45) is 15.4. The van der Waals surface area contributed by atoms with Gasteiger partial charge in [-0.15, -0.1) is 0 Å². The summed E-state index contributed by atoms with van der Waals surface area (Å²) < 4.78 is 39.1. The number of hydrogen-bond acceptors (Lipinski definition) is 10. The maximum atomic E-state index is 12.2. The third-order valence-corrected chi connectivity index (χ3v) is 13.5. The van der Waals surface area contributed by atoms with E-state index in [2.05, 4.69) is 72.8 Å². The van der Waals surface area contributed by atoms with Gasteiger partial charge in [0.2, 0.25) is 0 Å².